The molecule has 1 heterocycles. The average Bonchev–Trinajstić information content (AvgIpc) is 2.65. The fourth-order valence-electron chi connectivity index (χ4n) is 2.86. The van der Waals surface area contributed by atoms with Gasteiger partial charge in [0.05, 0.1) is 0 Å². The number of piperazine rings is 1. The third-order valence-corrected chi connectivity index (χ3v) is 5.25. The fraction of sp³-hybridized carbons (Fsp3) is 0.526. The van der Waals surface area contributed by atoms with Crippen LogP contribution in [0.5, 0.6) is 0 Å². The molecular formula is C19H28N4O3S. The van der Waals surface area contributed by atoms with Gasteiger partial charge in [-0.15, -0.1) is 0 Å². The molecule has 3 amide bonds. The summed E-state index contributed by atoms with van der Waals surface area (Å²) < 4.78 is 0. The first-order chi connectivity index (χ1) is 12.9. The largest absolute Gasteiger partial charge is 0.338 e. The van der Waals surface area contributed by atoms with Crippen molar-refractivity contribution in [3.8, 4) is 0 Å². The van der Waals surface area contributed by atoms with E-state index in [9.17, 15) is 14.4 Å². The van der Waals surface area contributed by atoms with Crippen LogP contribution in [0.15, 0.2) is 30.3 Å². The number of hydrogen-bond acceptors (Lipinski definition) is 5. The van der Waals surface area contributed by atoms with Crippen molar-refractivity contribution in [3.63, 3.8) is 0 Å². The molecule has 7 nitrogen and oxygen atoms in total. The molecular weight excluding hydrogens is 364 g/mol. The summed E-state index contributed by atoms with van der Waals surface area (Å²) in [5, 5.41) is 2.83. The van der Waals surface area contributed by atoms with Crippen LogP contribution in [0.3, 0.4) is 0 Å². The van der Waals surface area contributed by atoms with Gasteiger partial charge in [-0.25, -0.2) is 4.79 Å². The lowest BCUT2D eigenvalue weighted by molar-refractivity contribution is -0.134. The van der Waals surface area contributed by atoms with Crippen LogP contribution in [-0.4, -0.2) is 78.4 Å². The van der Waals surface area contributed by atoms with E-state index in [1.54, 1.807) is 16.7 Å². The maximum atomic E-state index is 12.8. The normalized spacial score (nSPS) is 15.9. The van der Waals surface area contributed by atoms with E-state index in [0.717, 1.165) is 18.8 Å². The van der Waals surface area contributed by atoms with E-state index in [1.807, 2.05) is 37.4 Å². The third-order valence-electron chi connectivity index (χ3n) is 4.46. The van der Waals surface area contributed by atoms with Gasteiger partial charge in [-0.3, -0.25) is 14.5 Å². The Bertz CT molecular complexity index is 648. The zero-order valence-corrected chi connectivity index (χ0v) is 17.0. The van der Waals surface area contributed by atoms with E-state index >= 15 is 0 Å². The summed E-state index contributed by atoms with van der Waals surface area (Å²) in [7, 11) is 2.03. The van der Waals surface area contributed by atoms with E-state index in [4.69, 9.17) is 0 Å². The van der Waals surface area contributed by atoms with Crippen molar-refractivity contribution < 1.29 is 14.4 Å². The van der Waals surface area contributed by atoms with Crippen molar-refractivity contribution >= 4 is 34.5 Å². The van der Waals surface area contributed by atoms with Crippen LogP contribution in [0, 0.1) is 0 Å². The van der Waals surface area contributed by atoms with Crippen molar-refractivity contribution in [2.45, 2.75) is 19.9 Å². The van der Waals surface area contributed by atoms with Gasteiger partial charge in [0.2, 0.25) is 5.91 Å². The molecule has 2 rings (SSSR count). The van der Waals surface area contributed by atoms with Gasteiger partial charge in [0.25, 0.3) is 0 Å². The fourth-order valence-corrected chi connectivity index (χ4v) is 3.42. The highest BCUT2D eigenvalue weighted by atomic mass is 32.2. The molecule has 1 N–H and O–H groups in total. The zero-order chi connectivity index (χ0) is 19.8. The van der Waals surface area contributed by atoms with E-state index in [0.29, 0.717) is 25.4 Å². The number of para-hydroxylation sites is 1. The highest BCUT2D eigenvalue weighted by molar-refractivity contribution is 8.13. The second-order valence-corrected chi connectivity index (χ2v) is 7.90. The topological polar surface area (TPSA) is 73.0 Å². The smallest absolute Gasteiger partial charge is 0.322 e. The number of urea groups is 1. The lowest BCUT2D eigenvalue weighted by Gasteiger charge is -2.34. The van der Waals surface area contributed by atoms with Crippen LogP contribution < -0.4 is 10.2 Å². The molecule has 0 aromatic heterocycles. The maximum Gasteiger partial charge on any atom is 0.322 e. The molecule has 27 heavy (non-hydrogen) atoms. The van der Waals surface area contributed by atoms with Crippen LogP contribution in [0.2, 0.25) is 0 Å². The van der Waals surface area contributed by atoms with Crippen molar-refractivity contribution in [1.82, 2.24) is 15.1 Å². The van der Waals surface area contributed by atoms with E-state index < -0.39 is 6.04 Å². The monoisotopic (exact) mass is 392 g/mol. The van der Waals surface area contributed by atoms with Gasteiger partial charge >= 0.3 is 6.03 Å². The molecule has 148 valence electrons. The summed E-state index contributed by atoms with van der Waals surface area (Å²) in [6, 6.07) is 8.33. The molecule has 1 atom stereocenters. The molecule has 1 saturated heterocycles. The van der Waals surface area contributed by atoms with E-state index in [1.165, 1.54) is 18.7 Å². The van der Waals surface area contributed by atoms with Gasteiger partial charge in [-0.1, -0.05) is 30.0 Å². The Kier molecular flexibility index (Phi) is 8.12. The number of carbonyl (C=O) groups is 3. The SMILES string of the molecule is CC(=O)SCCN(C(=O)N[C@@H](C)C(=O)N1CCN(C)CC1)c1ccccc1. The van der Waals surface area contributed by atoms with Gasteiger partial charge in [-0.2, -0.15) is 0 Å². The highest BCUT2D eigenvalue weighted by Gasteiger charge is 2.26. The number of anilines is 1. The van der Waals surface area contributed by atoms with Gasteiger partial charge in [0.1, 0.15) is 6.04 Å². The second kappa shape index (κ2) is 10.3. The molecule has 1 aromatic rings. The Morgan fingerprint density at radius 3 is 2.37 bits per heavy atom. The minimum Gasteiger partial charge on any atom is -0.338 e. The van der Waals surface area contributed by atoms with Gasteiger partial charge in [0.15, 0.2) is 5.12 Å². The Hall–Kier alpha value is -2.06. The Morgan fingerprint density at radius 2 is 1.78 bits per heavy atom. The van der Waals surface area contributed by atoms with E-state index in [2.05, 4.69) is 10.2 Å². The lowest BCUT2D eigenvalue weighted by Crippen LogP contribution is -2.55. The summed E-state index contributed by atoms with van der Waals surface area (Å²) in [6.45, 7) is 6.63. The van der Waals surface area contributed by atoms with Crippen molar-refractivity contribution in [2.75, 3.05) is 50.4 Å². The number of rotatable bonds is 6. The first-order valence-electron chi connectivity index (χ1n) is 9.12. The summed E-state index contributed by atoms with van der Waals surface area (Å²) in [5.74, 6) is 0.431. The Balaban J connectivity index is 1.99. The molecule has 0 unspecified atom stereocenters. The molecule has 0 saturated carbocycles. The second-order valence-electron chi connectivity index (χ2n) is 6.63. The molecule has 1 fully saturated rings. The molecule has 8 heteroatoms. The third kappa shape index (κ3) is 6.55. The van der Waals surface area contributed by atoms with Crippen molar-refractivity contribution in [1.29, 1.82) is 0 Å². The first-order valence-corrected chi connectivity index (χ1v) is 10.1. The molecule has 1 aliphatic heterocycles. The predicted molar refractivity (Wildman–Crippen MR) is 109 cm³/mol. The number of hydrogen-bond donors (Lipinski definition) is 1. The van der Waals surface area contributed by atoms with Crippen LogP contribution in [0.25, 0.3) is 0 Å². The van der Waals surface area contributed by atoms with Crippen LogP contribution in [0.4, 0.5) is 10.5 Å². The Labute approximate surface area is 165 Å². The molecule has 0 spiro atoms. The highest BCUT2D eigenvalue weighted by Crippen LogP contribution is 2.15. The molecule has 1 aromatic carbocycles. The summed E-state index contributed by atoms with van der Waals surface area (Å²) in [6.07, 6.45) is 0. The first kappa shape index (κ1) is 21.2. The number of nitrogens with one attached hydrogen (secondary N) is 1. The average molecular weight is 393 g/mol. The Morgan fingerprint density at radius 1 is 1.15 bits per heavy atom. The van der Waals surface area contributed by atoms with Gasteiger partial charge in [0, 0.05) is 51.1 Å². The maximum absolute atomic E-state index is 12.8. The van der Waals surface area contributed by atoms with Crippen molar-refractivity contribution in [3.05, 3.63) is 30.3 Å². The minimum absolute atomic E-state index is 0.0158. The molecule has 1 aliphatic rings. The summed E-state index contributed by atoms with van der Waals surface area (Å²) >= 11 is 1.18. The lowest BCUT2D eigenvalue weighted by atomic mass is 10.2. The summed E-state index contributed by atoms with van der Waals surface area (Å²) in [4.78, 5) is 42.2. The van der Waals surface area contributed by atoms with Gasteiger partial charge in [-0.05, 0) is 26.1 Å². The number of amides is 3. The number of thioether (sulfide) groups is 1. The number of likely N-dealkylation sites (N-methyl/N-ethyl adjacent to an activating group) is 1. The zero-order valence-electron chi connectivity index (χ0n) is 16.2. The number of benzene rings is 1. The van der Waals surface area contributed by atoms with Crippen LogP contribution in [0.1, 0.15) is 13.8 Å². The van der Waals surface area contributed by atoms with Gasteiger partial charge < -0.3 is 15.1 Å². The number of carbonyl (C=O) groups excluding carboxylic acids is 3. The number of nitrogens with zero attached hydrogens (tertiary/aromatic N) is 3. The standard InChI is InChI=1S/C19H28N4O3S/c1-15(18(25)22-11-9-21(3)10-12-22)20-19(26)23(13-14-27-16(2)24)17-7-5-4-6-8-17/h4-8,15H,9-14H2,1-3H3,(H,20,26)/t15-/m0/s1. The van der Waals surface area contributed by atoms with Crippen LogP contribution in [-0.2, 0) is 9.59 Å². The minimum atomic E-state index is -0.604. The van der Waals surface area contributed by atoms with Crippen molar-refractivity contribution in [2.24, 2.45) is 0 Å². The predicted octanol–water partition coefficient (Wildman–Crippen LogP) is 1.64. The molecule has 0 radical (unpaired) electrons. The van der Waals surface area contributed by atoms with Crippen LogP contribution >= 0.6 is 11.8 Å². The summed E-state index contributed by atoms with van der Waals surface area (Å²) in [5.41, 5.74) is 0.735. The molecule has 0 bridgehead atoms. The quantitative estimate of drug-likeness (QED) is 0.797. The molecule has 0 aliphatic carbocycles. The van der Waals surface area contributed by atoms with E-state index in [-0.39, 0.29) is 17.1 Å².